The lowest BCUT2D eigenvalue weighted by molar-refractivity contribution is -0.123. The van der Waals surface area contributed by atoms with Gasteiger partial charge in [0, 0.05) is 24.3 Å². The topological polar surface area (TPSA) is 51.2 Å². The molecule has 0 aliphatic heterocycles. The first-order valence-electron chi connectivity index (χ1n) is 7.04. The molecular weight excluding hydrogens is 284 g/mol. The fraction of sp³-hybridized carbons (Fsp3) is 0.375. The number of carbonyl (C=O) groups is 1. The molecule has 2 rings (SSSR count). The molecule has 112 valence electrons. The molecule has 1 aromatic heterocycles. The third-order valence-corrected chi connectivity index (χ3v) is 4.07. The van der Waals surface area contributed by atoms with Crippen LogP contribution in [0.5, 0.6) is 5.75 Å². The third kappa shape index (κ3) is 5.19. The number of ether oxygens (including phenoxy) is 1. The zero-order valence-corrected chi connectivity index (χ0v) is 13.2. The quantitative estimate of drug-likeness (QED) is 0.855. The minimum absolute atomic E-state index is 0.0400. The number of hydrogen-bond donors (Lipinski definition) is 1. The van der Waals surface area contributed by atoms with Crippen molar-refractivity contribution in [3.8, 4) is 5.75 Å². The molecule has 21 heavy (non-hydrogen) atoms. The number of benzene rings is 1. The standard InChI is InChI=1S/C16H20N2O2S/c1-12(2)16-18-13(11-21-16)8-9-17-15(19)10-20-14-6-4-3-5-7-14/h3-7,11-12H,8-10H2,1-2H3,(H,17,19). The Balaban J connectivity index is 1.67. The smallest absolute Gasteiger partial charge is 0.257 e. The SMILES string of the molecule is CC(C)c1nc(CCNC(=O)COc2ccccc2)cs1. The Labute approximate surface area is 129 Å². The highest BCUT2D eigenvalue weighted by Crippen LogP contribution is 2.19. The number of nitrogens with one attached hydrogen (secondary N) is 1. The van der Waals surface area contributed by atoms with Crippen LogP contribution in [-0.4, -0.2) is 24.0 Å². The van der Waals surface area contributed by atoms with E-state index in [9.17, 15) is 4.79 Å². The summed E-state index contributed by atoms with van der Waals surface area (Å²) in [4.78, 5) is 16.2. The number of thiazole rings is 1. The van der Waals surface area contributed by atoms with Crippen molar-refractivity contribution in [1.82, 2.24) is 10.3 Å². The van der Waals surface area contributed by atoms with Gasteiger partial charge in [0.1, 0.15) is 5.75 Å². The molecular formula is C16H20N2O2S. The Morgan fingerprint density at radius 2 is 2.10 bits per heavy atom. The number of nitrogens with zero attached hydrogens (tertiary/aromatic N) is 1. The van der Waals surface area contributed by atoms with Crippen molar-refractivity contribution in [1.29, 1.82) is 0 Å². The number of rotatable bonds is 7. The molecule has 0 unspecified atom stereocenters. The van der Waals surface area contributed by atoms with E-state index >= 15 is 0 Å². The molecule has 1 amide bonds. The second kappa shape index (κ2) is 7.78. The molecule has 0 saturated heterocycles. The van der Waals surface area contributed by atoms with Crippen molar-refractivity contribution < 1.29 is 9.53 Å². The Morgan fingerprint density at radius 1 is 1.33 bits per heavy atom. The van der Waals surface area contributed by atoms with Crippen LogP contribution in [0.4, 0.5) is 0 Å². The summed E-state index contributed by atoms with van der Waals surface area (Å²) in [5.74, 6) is 1.05. The van der Waals surface area contributed by atoms with Crippen LogP contribution in [0.15, 0.2) is 35.7 Å². The molecule has 0 bridgehead atoms. The summed E-state index contributed by atoms with van der Waals surface area (Å²) in [6.45, 7) is 4.88. The summed E-state index contributed by atoms with van der Waals surface area (Å²) in [5, 5.41) is 6.04. The van der Waals surface area contributed by atoms with Crippen molar-refractivity contribution in [3.63, 3.8) is 0 Å². The van der Waals surface area contributed by atoms with E-state index in [2.05, 4.69) is 29.5 Å². The highest BCUT2D eigenvalue weighted by Gasteiger charge is 2.06. The van der Waals surface area contributed by atoms with Crippen LogP contribution < -0.4 is 10.1 Å². The first-order chi connectivity index (χ1) is 10.1. The van der Waals surface area contributed by atoms with Gasteiger partial charge in [0.15, 0.2) is 6.61 Å². The van der Waals surface area contributed by atoms with Gasteiger partial charge >= 0.3 is 0 Å². The van der Waals surface area contributed by atoms with Gasteiger partial charge < -0.3 is 10.1 Å². The molecule has 0 radical (unpaired) electrons. The summed E-state index contributed by atoms with van der Waals surface area (Å²) >= 11 is 1.68. The average molecular weight is 304 g/mol. The highest BCUT2D eigenvalue weighted by molar-refractivity contribution is 7.09. The number of amides is 1. The Kier molecular flexibility index (Phi) is 5.75. The van der Waals surface area contributed by atoms with Crippen LogP contribution in [0.2, 0.25) is 0 Å². The van der Waals surface area contributed by atoms with E-state index in [0.717, 1.165) is 17.1 Å². The second-order valence-electron chi connectivity index (χ2n) is 5.03. The van der Waals surface area contributed by atoms with Crippen molar-refractivity contribution in [2.75, 3.05) is 13.2 Å². The van der Waals surface area contributed by atoms with Crippen molar-refractivity contribution in [2.24, 2.45) is 0 Å². The van der Waals surface area contributed by atoms with Gasteiger partial charge in [-0.05, 0) is 12.1 Å². The van der Waals surface area contributed by atoms with Crippen LogP contribution in [0, 0.1) is 0 Å². The molecule has 1 heterocycles. The normalized spacial score (nSPS) is 10.6. The average Bonchev–Trinajstić information content (AvgIpc) is 2.95. The van der Waals surface area contributed by atoms with Crippen LogP contribution >= 0.6 is 11.3 Å². The van der Waals surface area contributed by atoms with Crippen LogP contribution in [0.3, 0.4) is 0 Å². The molecule has 0 spiro atoms. The molecule has 0 atom stereocenters. The van der Waals surface area contributed by atoms with E-state index in [-0.39, 0.29) is 12.5 Å². The summed E-state index contributed by atoms with van der Waals surface area (Å²) in [6, 6.07) is 9.32. The van der Waals surface area contributed by atoms with E-state index in [1.165, 1.54) is 0 Å². The summed E-state index contributed by atoms with van der Waals surface area (Å²) < 4.78 is 5.38. The van der Waals surface area contributed by atoms with Gasteiger partial charge in [-0.15, -0.1) is 11.3 Å². The molecule has 1 N–H and O–H groups in total. The van der Waals surface area contributed by atoms with Crippen molar-refractivity contribution in [3.05, 3.63) is 46.4 Å². The van der Waals surface area contributed by atoms with Gasteiger partial charge in [-0.1, -0.05) is 32.0 Å². The van der Waals surface area contributed by atoms with E-state index in [1.54, 1.807) is 11.3 Å². The predicted molar refractivity (Wildman–Crippen MR) is 84.9 cm³/mol. The zero-order valence-electron chi connectivity index (χ0n) is 12.3. The maximum absolute atomic E-state index is 11.7. The third-order valence-electron chi connectivity index (χ3n) is 2.88. The van der Waals surface area contributed by atoms with E-state index in [4.69, 9.17) is 4.74 Å². The minimum atomic E-state index is -0.113. The van der Waals surface area contributed by atoms with Gasteiger partial charge in [0.25, 0.3) is 5.91 Å². The fourth-order valence-corrected chi connectivity index (χ4v) is 2.62. The molecule has 2 aromatic rings. The van der Waals surface area contributed by atoms with Crippen molar-refractivity contribution in [2.45, 2.75) is 26.2 Å². The second-order valence-corrected chi connectivity index (χ2v) is 5.92. The van der Waals surface area contributed by atoms with Crippen molar-refractivity contribution >= 4 is 17.2 Å². The molecule has 1 aromatic carbocycles. The lowest BCUT2D eigenvalue weighted by Crippen LogP contribution is -2.30. The lowest BCUT2D eigenvalue weighted by atomic mass is 10.2. The first-order valence-corrected chi connectivity index (χ1v) is 7.92. The van der Waals surface area contributed by atoms with Gasteiger partial charge in [0.2, 0.25) is 0 Å². The summed E-state index contributed by atoms with van der Waals surface area (Å²) in [6.07, 6.45) is 0.750. The van der Waals surface area contributed by atoms with Crippen LogP contribution in [-0.2, 0) is 11.2 Å². The van der Waals surface area contributed by atoms with Gasteiger partial charge in [0.05, 0.1) is 10.7 Å². The molecule has 5 heteroatoms. The van der Waals surface area contributed by atoms with E-state index < -0.39 is 0 Å². The monoisotopic (exact) mass is 304 g/mol. The molecule has 0 saturated carbocycles. The zero-order chi connectivity index (χ0) is 15.1. The van der Waals surface area contributed by atoms with E-state index in [1.807, 2.05) is 30.3 Å². The Hall–Kier alpha value is -1.88. The predicted octanol–water partition coefficient (Wildman–Crippen LogP) is 3.00. The first kappa shape index (κ1) is 15.5. The molecule has 4 nitrogen and oxygen atoms in total. The fourth-order valence-electron chi connectivity index (χ4n) is 1.75. The largest absolute Gasteiger partial charge is 0.484 e. The number of para-hydroxylation sites is 1. The number of hydrogen-bond acceptors (Lipinski definition) is 4. The number of carbonyl (C=O) groups excluding carboxylic acids is 1. The molecule has 0 aliphatic carbocycles. The highest BCUT2D eigenvalue weighted by atomic mass is 32.1. The lowest BCUT2D eigenvalue weighted by Gasteiger charge is -2.06. The number of aromatic nitrogens is 1. The van der Waals surface area contributed by atoms with Crippen LogP contribution in [0.1, 0.15) is 30.5 Å². The maximum atomic E-state index is 11.7. The van der Waals surface area contributed by atoms with Crippen LogP contribution in [0.25, 0.3) is 0 Å². The van der Waals surface area contributed by atoms with Gasteiger partial charge in [-0.3, -0.25) is 4.79 Å². The van der Waals surface area contributed by atoms with Gasteiger partial charge in [-0.2, -0.15) is 0 Å². The van der Waals surface area contributed by atoms with Gasteiger partial charge in [-0.25, -0.2) is 4.98 Å². The Bertz CT molecular complexity index is 567. The van der Waals surface area contributed by atoms with E-state index in [0.29, 0.717) is 18.2 Å². The maximum Gasteiger partial charge on any atom is 0.257 e. The minimum Gasteiger partial charge on any atom is -0.484 e. The molecule has 0 fully saturated rings. The Morgan fingerprint density at radius 3 is 2.76 bits per heavy atom. The summed E-state index contributed by atoms with van der Waals surface area (Å²) in [5.41, 5.74) is 1.04. The summed E-state index contributed by atoms with van der Waals surface area (Å²) in [7, 11) is 0. The molecule has 0 aliphatic rings.